The van der Waals surface area contributed by atoms with Gasteiger partial charge in [0.25, 0.3) is 0 Å². The van der Waals surface area contributed by atoms with Gasteiger partial charge in [0.15, 0.2) is 0 Å². The van der Waals surface area contributed by atoms with Crippen molar-refractivity contribution in [2.75, 3.05) is 19.1 Å². The minimum absolute atomic E-state index is 0.0173. The van der Waals surface area contributed by atoms with Crippen molar-refractivity contribution in [2.45, 2.75) is 18.8 Å². The van der Waals surface area contributed by atoms with Crippen LogP contribution >= 0.6 is 10.8 Å². The zero-order valence-corrected chi connectivity index (χ0v) is 10.5. The molecular weight excluding hydrogens is 218 g/mol. The number of hydrogen-bond acceptors (Lipinski definition) is 3. The summed E-state index contributed by atoms with van der Waals surface area (Å²) in [5, 5.41) is 9.67. The van der Waals surface area contributed by atoms with E-state index in [1.807, 2.05) is 12.3 Å². The maximum absolute atomic E-state index is 10.2. The first kappa shape index (κ1) is 13.9. The molecule has 0 spiro atoms. The fourth-order valence-electron chi connectivity index (χ4n) is 0.779. The summed E-state index contributed by atoms with van der Waals surface area (Å²) in [6, 6.07) is 0. The van der Waals surface area contributed by atoms with Crippen molar-refractivity contribution in [1.82, 2.24) is 4.90 Å². The van der Waals surface area contributed by atoms with Crippen LogP contribution in [0.3, 0.4) is 0 Å². The van der Waals surface area contributed by atoms with Crippen molar-refractivity contribution in [1.29, 1.82) is 0 Å². The van der Waals surface area contributed by atoms with Crippen LogP contribution in [0.25, 0.3) is 0 Å². The van der Waals surface area contributed by atoms with Gasteiger partial charge >= 0.3 is 0 Å². The second-order valence-electron chi connectivity index (χ2n) is 2.75. The lowest BCUT2D eigenvalue weighted by Crippen LogP contribution is -2.16. The molecule has 0 rings (SSSR count). The summed E-state index contributed by atoms with van der Waals surface area (Å²) in [6.07, 6.45) is 6.86. The van der Waals surface area contributed by atoms with Crippen molar-refractivity contribution in [3.63, 3.8) is 0 Å². The van der Waals surface area contributed by atoms with Crippen LogP contribution < -0.4 is 0 Å². The number of rotatable bonds is 7. The van der Waals surface area contributed by atoms with Crippen LogP contribution in [0.4, 0.5) is 0 Å². The molecule has 0 heterocycles. The summed E-state index contributed by atoms with van der Waals surface area (Å²) in [5.74, 6) is 1.02. The monoisotopic (exact) mass is 236 g/mol. The maximum atomic E-state index is 10.2. The van der Waals surface area contributed by atoms with E-state index in [4.69, 9.17) is 0 Å². The number of carbonyl (C=O) groups excluding carboxylic acids is 1. The molecule has 0 aliphatic rings. The summed E-state index contributed by atoms with van der Waals surface area (Å²) in [6.45, 7) is 2.08. The minimum Gasteiger partial charge on any atom is -0.348 e. The first-order valence-electron chi connectivity index (χ1n) is 4.41. The van der Waals surface area contributed by atoms with Gasteiger partial charge in [-0.25, -0.2) is 0 Å². The first-order chi connectivity index (χ1) is 6.61. The highest BCUT2D eigenvalue weighted by Crippen LogP contribution is 2.19. The molecule has 0 bridgehead atoms. The lowest BCUT2D eigenvalue weighted by molar-refractivity contribution is -0.115. The number of aliphatic hydroxyl groups is 1. The molecule has 14 heavy (non-hydrogen) atoms. The van der Waals surface area contributed by atoms with Crippen LogP contribution in [0.5, 0.6) is 0 Å². The summed E-state index contributed by atoms with van der Waals surface area (Å²) in [7, 11) is 3.42. The quantitative estimate of drug-likeness (QED) is 0.410. The van der Waals surface area contributed by atoms with E-state index in [9.17, 15) is 9.90 Å². The molecule has 0 aliphatic heterocycles. The number of carbonyl (C=O) groups is 1. The Morgan fingerprint density at radius 2 is 2.29 bits per heavy atom. The van der Waals surface area contributed by atoms with Crippen LogP contribution in [-0.2, 0) is 14.7 Å². The molecule has 0 saturated carbocycles. The second-order valence-corrected chi connectivity index (χ2v) is 7.39. The van der Waals surface area contributed by atoms with Gasteiger partial charge in [-0.05, 0) is 0 Å². The zero-order chi connectivity index (χ0) is 11.0. The molecule has 82 valence electrons. The molecule has 2 atom stereocenters. The molecule has 2 unspecified atom stereocenters. The second kappa shape index (κ2) is 8.20. The number of nitrogens with zero attached hydrogens (tertiary/aromatic N) is 1. The van der Waals surface area contributed by atoms with E-state index in [1.165, 1.54) is 4.90 Å². The molecule has 3 nitrogen and oxygen atoms in total. The van der Waals surface area contributed by atoms with Gasteiger partial charge in [0, 0.05) is 25.4 Å². The van der Waals surface area contributed by atoms with E-state index in [2.05, 4.69) is 6.92 Å². The van der Waals surface area contributed by atoms with Crippen molar-refractivity contribution >= 4 is 27.1 Å². The Hall–Kier alpha value is -0.130. The van der Waals surface area contributed by atoms with Gasteiger partial charge in [0.05, 0.1) is 20.7 Å². The minimum atomic E-state index is -0.309. The lowest BCUT2D eigenvalue weighted by atomic mass is 10.4. The molecule has 0 aromatic carbocycles. The number of aliphatic hydroxyl groups excluding tert-OH is 1. The van der Waals surface area contributed by atoms with Gasteiger partial charge in [0.1, 0.15) is 6.26 Å². The number of hydrogen-bond donors (Lipinski definition) is 1. The summed E-state index contributed by atoms with van der Waals surface area (Å²) >= 11 is 0. The third-order valence-electron chi connectivity index (χ3n) is 1.53. The average molecular weight is 236 g/mol. The molecule has 0 saturated heterocycles. The summed E-state index contributed by atoms with van der Waals surface area (Å²) in [4.78, 5) is 11.7. The predicted octanol–water partition coefficient (Wildman–Crippen LogP) is 1.21. The van der Waals surface area contributed by atoms with E-state index in [1.54, 1.807) is 24.0 Å². The SMILES string of the molecule is CCS[S+](C)C(O)CC=CN(C)C=O. The fourth-order valence-corrected chi connectivity index (χ4v) is 3.51. The third-order valence-corrected chi connectivity index (χ3v) is 5.59. The molecule has 0 aromatic heterocycles. The number of amides is 1. The molecule has 1 amide bonds. The Bertz CT molecular complexity index is 188. The Morgan fingerprint density at radius 3 is 2.79 bits per heavy atom. The molecule has 5 heteroatoms. The van der Waals surface area contributed by atoms with Gasteiger partial charge in [-0.15, -0.1) is 0 Å². The van der Waals surface area contributed by atoms with Crippen molar-refractivity contribution in [2.24, 2.45) is 0 Å². The molecule has 0 aliphatic carbocycles. The smallest absolute Gasteiger partial charge is 0.231 e. The van der Waals surface area contributed by atoms with Crippen LogP contribution in [0.1, 0.15) is 13.3 Å². The van der Waals surface area contributed by atoms with Gasteiger partial charge in [-0.2, -0.15) is 0 Å². The summed E-state index contributed by atoms with van der Waals surface area (Å²) in [5.41, 5.74) is -0.309. The highest BCUT2D eigenvalue weighted by Gasteiger charge is 2.22. The Labute approximate surface area is 92.3 Å². The van der Waals surface area contributed by atoms with Gasteiger partial charge < -0.3 is 10.0 Å². The van der Waals surface area contributed by atoms with E-state index in [-0.39, 0.29) is 15.4 Å². The highest BCUT2D eigenvalue weighted by atomic mass is 33.1. The molecule has 0 fully saturated rings. The van der Waals surface area contributed by atoms with Crippen molar-refractivity contribution < 1.29 is 9.90 Å². The molecule has 1 N–H and O–H groups in total. The molecule has 0 aromatic rings. The first-order valence-corrected chi connectivity index (χ1v) is 7.61. The Morgan fingerprint density at radius 1 is 1.64 bits per heavy atom. The van der Waals surface area contributed by atoms with E-state index in [0.29, 0.717) is 6.42 Å². The van der Waals surface area contributed by atoms with Crippen LogP contribution in [0.15, 0.2) is 12.3 Å². The van der Waals surface area contributed by atoms with Crippen molar-refractivity contribution in [3.8, 4) is 0 Å². The third kappa shape index (κ3) is 6.34. The maximum Gasteiger partial charge on any atom is 0.231 e. The van der Waals surface area contributed by atoms with Crippen LogP contribution in [-0.4, -0.2) is 40.9 Å². The van der Waals surface area contributed by atoms with Gasteiger partial charge in [-0.1, -0.05) is 13.0 Å². The van der Waals surface area contributed by atoms with Gasteiger partial charge in [0.2, 0.25) is 11.8 Å². The molecular formula is C9H18NO2S2+. The largest absolute Gasteiger partial charge is 0.348 e. The normalized spacial score (nSPS) is 15.4. The van der Waals surface area contributed by atoms with E-state index in [0.717, 1.165) is 12.2 Å². The van der Waals surface area contributed by atoms with Gasteiger partial charge in [-0.3, -0.25) is 4.79 Å². The average Bonchev–Trinajstić information content (AvgIpc) is 2.17. The lowest BCUT2D eigenvalue weighted by Gasteiger charge is -2.06. The van der Waals surface area contributed by atoms with Crippen LogP contribution in [0, 0.1) is 0 Å². The Kier molecular flexibility index (Phi) is 8.12. The molecule has 0 radical (unpaired) electrons. The van der Waals surface area contributed by atoms with Crippen LogP contribution in [0.2, 0.25) is 0 Å². The Balaban J connectivity index is 3.76. The predicted molar refractivity (Wildman–Crippen MR) is 65.0 cm³/mol. The topological polar surface area (TPSA) is 40.5 Å². The van der Waals surface area contributed by atoms with Crippen molar-refractivity contribution in [3.05, 3.63) is 12.3 Å². The zero-order valence-electron chi connectivity index (χ0n) is 8.84. The van der Waals surface area contributed by atoms with E-state index >= 15 is 0 Å². The summed E-state index contributed by atoms with van der Waals surface area (Å²) < 4.78 is 0. The highest BCUT2D eigenvalue weighted by molar-refractivity contribution is 8.74. The van der Waals surface area contributed by atoms with E-state index < -0.39 is 0 Å². The standard InChI is InChI=1S/C9H18NO2S2/c1-4-13-14(3)9(12)6-5-7-10(2)8-11/h5,7-9,12H,4,6H2,1-3H3/q+1. The fraction of sp³-hybridized carbons (Fsp3) is 0.667.